The third-order valence-electron chi connectivity index (χ3n) is 3.79. The minimum atomic E-state index is -0.140. The first-order chi connectivity index (χ1) is 9.11. The van der Waals surface area contributed by atoms with Gasteiger partial charge in [0.25, 0.3) is 0 Å². The second-order valence-electron chi connectivity index (χ2n) is 5.50. The minimum absolute atomic E-state index is 0.140. The Morgan fingerprint density at radius 3 is 2.79 bits per heavy atom. The Hall–Kier alpha value is -0.930. The van der Waals surface area contributed by atoms with Gasteiger partial charge in [0.2, 0.25) is 0 Å². The summed E-state index contributed by atoms with van der Waals surface area (Å²) in [6.07, 6.45) is 3.79. The second kappa shape index (κ2) is 6.49. The van der Waals surface area contributed by atoms with E-state index in [1.165, 1.54) is 0 Å². The molecule has 0 saturated carbocycles. The molecule has 3 heteroatoms. The summed E-state index contributed by atoms with van der Waals surface area (Å²) in [6.45, 7) is 7.04. The first-order valence-electron chi connectivity index (χ1n) is 7.26. The molecule has 0 radical (unpaired) electrons. The predicted octanol–water partition coefficient (Wildman–Crippen LogP) is 3.74. The number of benzene rings is 1. The zero-order chi connectivity index (χ0) is 13.8. The molecule has 0 amide bonds. The Labute approximate surface area is 115 Å². The van der Waals surface area contributed by atoms with Gasteiger partial charge in [-0.05, 0) is 56.8 Å². The molecular weight excluding hydrogens is 241 g/mol. The molecule has 1 aromatic rings. The molecule has 1 saturated heterocycles. The highest BCUT2D eigenvalue weighted by atomic mass is 19.1. The second-order valence-corrected chi connectivity index (χ2v) is 5.50. The topological polar surface area (TPSA) is 21.3 Å². The van der Waals surface area contributed by atoms with Crippen LogP contribution in [0.2, 0.25) is 0 Å². The SMILES string of the molecule is CCCNC(c1ccc(F)c(C)c1)C1CCC(C)O1. The van der Waals surface area contributed by atoms with Crippen LogP contribution >= 0.6 is 0 Å². The maximum atomic E-state index is 13.4. The molecule has 3 atom stereocenters. The maximum absolute atomic E-state index is 13.4. The molecule has 2 nitrogen and oxygen atoms in total. The number of nitrogens with one attached hydrogen (secondary N) is 1. The summed E-state index contributed by atoms with van der Waals surface area (Å²) in [5.74, 6) is -0.140. The van der Waals surface area contributed by atoms with Crippen LogP contribution in [-0.2, 0) is 4.74 Å². The van der Waals surface area contributed by atoms with Gasteiger partial charge in [0.1, 0.15) is 5.82 Å². The fraction of sp³-hybridized carbons (Fsp3) is 0.625. The van der Waals surface area contributed by atoms with Crippen LogP contribution in [-0.4, -0.2) is 18.8 Å². The minimum Gasteiger partial charge on any atom is -0.373 e. The smallest absolute Gasteiger partial charge is 0.126 e. The van der Waals surface area contributed by atoms with Crippen molar-refractivity contribution in [2.45, 2.75) is 58.3 Å². The van der Waals surface area contributed by atoms with Gasteiger partial charge in [0, 0.05) is 0 Å². The van der Waals surface area contributed by atoms with Crippen LogP contribution in [0.5, 0.6) is 0 Å². The molecule has 1 N–H and O–H groups in total. The van der Waals surface area contributed by atoms with Gasteiger partial charge in [0.05, 0.1) is 18.2 Å². The Morgan fingerprint density at radius 2 is 2.21 bits per heavy atom. The monoisotopic (exact) mass is 265 g/mol. The molecule has 3 unspecified atom stereocenters. The summed E-state index contributed by atoms with van der Waals surface area (Å²) in [4.78, 5) is 0. The number of hydrogen-bond donors (Lipinski definition) is 1. The van der Waals surface area contributed by atoms with Gasteiger partial charge in [-0.2, -0.15) is 0 Å². The molecule has 0 aliphatic carbocycles. The van der Waals surface area contributed by atoms with E-state index < -0.39 is 0 Å². The van der Waals surface area contributed by atoms with Crippen molar-refractivity contribution in [2.24, 2.45) is 0 Å². The highest BCUT2D eigenvalue weighted by Gasteiger charge is 2.30. The van der Waals surface area contributed by atoms with Gasteiger partial charge in [-0.3, -0.25) is 0 Å². The lowest BCUT2D eigenvalue weighted by Gasteiger charge is -2.25. The Balaban J connectivity index is 2.18. The molecule has 0 spiro atoms. The van der Waals surface area contributed by atoms with Crippen LogP contribution in [0.1, 0.15) is 50.3 Å². The van der Waals surface area contributed by atoms with E-state index in [9.17, 15) is 4.39 Å². The van der Waals surface area contributed by atoms with Crippen LogP contribution in [0, 0.1) is 12.7 Å². The molecule has 0 aromatic heterocycles. The molecule has 2 rings (SSSR count). The van der Waals surface area contributed by atoms with E-state index in [0.717, 1.165) is 31.4 Å². The standard InChI is InChI=1S/C16H24FNO/c1-4-9-18-16(15-8-5-12(3)19-15)13-6-7-14(17)11(2)10-13/h6-7,10,12,15-16,18H,4-5,8-9H2,1-3H3. The van der Waals surface area contributed by atoms with Crippen LogP contribution in [0.3, 0.4) is 0 Å². The van der Waals surface area contributed by atoms with Gasteiger partial charge < -0.3 is 10.1 Å². The van der Waals surface area contributed by atoms with Crippen molar-refractivity contribution in [3.05, 3.63) is 35.1 Å². The lowest BCUT2D eigenvalue weighted by atomic mass is 9.97. The first-order valence-corrected chi connectivity index (χ1v) is 7.26. The van der Waals surface area contributed by atoms with E-state index in [1.807, 2.05) is 19.1 Å². The molecule has 0 bridgehead atoms. The van der Waals surface area contributed by atoms with Gasteiger partial charge in [-0.1, -0.05) is 19.1 Å². The molecule has 106 valence electrons. The third kappa shape index (κ3) is 3.54. The largest absolute Gasteiger partial charge is 0.373 e. The van der Waals surface area contributed by atoms with Crippen molar-refractivity contribution in [2.75, 3.05) is 6.54 Å². The van der Waals surface area contributed by atoms with Crippen molar-refractivity contribution in [1.29, 1.82) is 0 Å². The average molecular weight is 265 g/mol. The lowest BCUT2D eigenvalue weighted by Crippen LogP contribution is -2.32. The summed E-state index contributed by atoms with van der Waals surface area (Å²) >= 11 is 0. The Kier molecular flexibility index (Phi) is 4.94. The molecular formula is C16H24FNO. The fourth-order valence-corrected chi connectivity index (χ4v) is 2.70. The molecule has 1 aliphatic heterocycles. The van der Waals surface area contributed by atoms with Gasteiger partial charge >= 0.3 is 0 Å². The van der Waals surface area contributed by atoms with Gasteiger partial charge in [0.15, 0.2) is 0 Å². The molecule has 19 heavy (non-hydrogen) atoms. The highest BCUT2D eigenvalue weighted by molar-refractivity contribution is 5.27. The number of hydrogen-bond acceptors (Lipinski definition) is 2. The molecule has 1 heterocycles. The summed E-state index contributed by atoms with van der Waals surface area (Å²) in [7, 11) is 0. The van der Waals surface area contributed by atoms with E-state index >= 15 is 0 Å². The molecule has 1 fully saturated rings. The van der Waals surface area contributed by atoms with Crippen LogP contribution < -0.4 is 5.32 Å². The molecule has 1 aromatic carbocycles. The fourth-order valence-electron chi connectivity index (χ4n) is 2.70. The highest BCUT2D eigenvalue weighted by Crippen LogP contribution is 2.30. The number of rotatable bonds is 5. The van der Waals surface area contributed by atoms with Gasteiger partial charge in [-0.15, -0.1) is 0 Å². The Bertz CT molecular complexity index is 421. The van der Waals surface area contributed by atoms with Crippen LogP contribution in [0.15, 0.2) is 18.2 Å². The summed E-state index contributed by atoms with van der Waals surface area (Å²) in [5, 5.41) is 3.55. The van der Waals surface area contributed by atoms with E-state index in [4.69, 9.17) is 4.74 Å². The van der Waals surface area contributed by atoms with Gasteiger partial charge in [-0.25, -0.2) is 4.39 Å². The first kappa shape index (κ1) is 14.5. The summed E-state index contributed by atoms with van der Waals surface area (Å²) in [5.41, 5.74) is 1.83. The van der Waals surface area contributed by atoms with Crippen molar-refractivity contribution < 1.29 is 9.13 Å². The normalized spacial score (nSPS) is 24.6. The van der Waals surface area contributed by atoms with E-state index in [1.54, 1.807) is 6.07 Å². The number of aryl methyl sites for hydroxylation is 1. The summed E-state index contributed by atoms with van der Waals surface area (Å²) in [6, 6.07) is 5.55. The van der Waals surface area contributed by atoms with E-state index in [0.29, 0.717) is 11.7 Å². The zero-order valence-corrected chi connectivity index (χ0v) is 12.1. The van der Waals surface area contributed by atoms with E-state index in [-0.39, 0.29) is 18.0 Å². The zero-order valence-electron chi connectivity index (χ0n) is 12.1. The van der Waals surface area contributed by atoms with E-state index in [2.05, 4.69) is 19.2 Å². The molecule has 1 aliphatic rings. The van der Waals surface area contributed by atoms with Crippen LogP contribution in [0.25, 0.3) is 0 Å². The van der Waals surface area contributed by atoms with Crippen molar-refractivity contribution in [3.8, 4) is 0 Å². The summed E-state index contributed by atoms with van der Waals surface area (Å²) < 4.78 is 19.4. The average Bonchev–Trinajstić information content (AvgIpc) is 2.80. The van der Waals surface area contributed by atoms with Crippen molar-refractivity contribution >= 4 is 0 Å². The number of ether oxygens (including phenoxy) is 1. The predicted molar refractivity (Wildman–Crippen MR) is 75.7 cm³/mol. The Morgan fingerprint density at radius 1 is 1.42 bits per heavy atom. The third-order valence-corrected chi connectivity index (χ3v) is 3.79. The van der Waals surface area contributed by atoms with Crippen molar-refractivity contribution in [1.82, 2.24) is 5.32 Å². The van der Waals surface area contributed by atoms with Crippen molar-refractivity contribution in [3.63, 3.8) is 0 Å². The maximum Gasteiger partial charge on any atom is 0.126 e. The number of halogens is 1. The van der Waals surface area contributed by atoms with Crippen LogP contribution in [0.4, 0.5) is 4.39 Å². The lowest BCUT2D eigenvalue weighted by molar-refractivity contribution is 0.0316. The quantitative estimate of drug-likeness (QED) is 0.875.